The average molecular weight is 562 g/mol. The van der Waals surface area contributed by atoms with E-state index in [1.807, 2.05) is 13.8 Å². The van der Waals surface area contributed by atoms with E-state index in [4.69, 9.17) is 4.74 Å². The molecule has 39 heavy (non-hydrogen) atoms. The van der Waals surface area contributed by atoms with Crippen LogP contribution >= 0.6 is 0 Å². The summed E-state index contributed by atoms with van der Waals surface area (Å²) in [6.07, 6.45) is 3.26. The number of hydrogen-bond donors (Lipinski definition) is 1. The Hall–Kier alpha value is -3.05. The summed E-state index contributed by atoms with van der Waals surface area (Å²) in [6, 6.07) is 7.40. The molecule has 1 N–H and O–H groups in total. The van der Waals surface area contributed by atoms with Crippen LogP contribution in [0.1, 0.15) is 69.2 Å². The van der Waals surface area contributed by atoms with Crippen LogP contribution < -0.4 is 4.74 Å². The molecule has 1 aliphatic heterocycles. The van der Waals surface area contributed by atoms with Gasteiger partial charge in [-0.05, 0) is 75.4 Å². The maximum Gasteiger partial charge on any atom is 0.309 e. The van der Waals surface area contributed by atoms with Gasteiger partial charge in [-0.25, -0.2) is 17.2 Å². The Balaban J connectivity index is 1.55. The molecule has 5 rings (SSSR count). The van der Waals surface area contributed by atoms with Crippen molar-refractivity contribution in [3.05, 3.63) is 53.5 Å². The fraction of sp³-hybridized carbons (Fsp3) is 0.500. The number of carbonyl (C=O) groups is 1. The molecule has 2 aliphatic rings. The summed E-state index contributed by atoms with van der Waals surface area (Å²) in [7, 11) is -4.06. The number of alkyl halides is 1. The van der Waals surface area contributed by atoms with Gasteiger partial charge >= 0.3 is 5.97 Å². The number of sulfonamides is 1. The van der Waals surface area contributed by atoms with E-state index in [0.717, 1.165) is 30.0 Å². The highest BCUT2D eigenvalue weighted by atomic mass is 32.2. The minimum Gasteiger partial charge on any atom is -0.491 e. The molecule has 0 radical (unpaired) electrons. The summed E-state index contributed by atoms with van der Waals surface area (Å²) < 4.78 is 65.1. The lowest BCUT2D eigenvalue weighted by Gasteiger charge is -2.22. The number of nitrogens with zero attached hydrogens (tertiary/aromatic N) is 3. The number of carboxylic acids is 1. The van der Waals surface area contributed by atoms with E-state index >= 15 is 4.39 Å². The first-order valence-electron chi connectivity index (χ1n) is 13.4. The van der Waals surface area contributed by atoms with Gasteiger partial charge in [0.15, 0.2) is 0 Å². The maximum absolute atomic E-state index is 15.3. The van der Waals surface area contributed by atoms with E-state index in [1.54, 1.807) is 22.9 Å². The largest absolute Gasteiger partial charge is 0.491 e. The summed E-state index contributed by atoms with van der Waals surface area (Å²) in [5.74, 6) is -0.964. The molecule has 11 heteroatoms. The summed E-state index contributed by atoms with van der Waals surface area (Å²) in [4.78, 5) is 11.6. The number of fused-ring (bicyclic) bond motifs is 1. The topological polar surface area (TPSA) is 102 Å². The van der Waals surface area contributed by atoms with Gasteiger partial charge in [-0.3, -0.25) is 9.48 Å². The lowest BCUT2D eigenvalue weighted by Crippen LogP contribution is -2.37. The van der Waals surface area contributed by atoms with Crippen LogP contribution in [0.25, 0.3) is 10.9 Å². The van der Waals surface area contributed by atoms with Crippen molar-refractivity contribution in [2.75, 3.05) is 13.2 Å². The van der Waals surface area contributed by atoms with Crippen LogP contribution in [-0.2, 0) is 21.2 Å². The van der Waals surface area contributed by atoms with Gasteiger partial charge in [-0.15, -0.1) is 0 Å². The Morgan fingerprint density at radius 2 is 1.85 bits per heavy atom. The van der Waals surface area contributed by atoms with Crippen LogP contribution in [-0.4, -0.2) is 58.9 Å². The number of aromatic nitrogens is 2. The molecule has 2 fully saturated rings. The SMILES string of the molecule is CC(C)Oc1ccc(S(=O)(=O)N2C[C@H](n3nc(CC(=O)O)c4ccc(F)c(C5CCCC5)c43)C[C@@H]2CF)cc1. The molecule has 1 saturated heterocycles. The average Bonchev–Trinajstić information content (AvgIpc) is 3.63. The van der Waals surface area contributed by atoms with E-state index in [9.17, 15) is 22.7 Å². The molecule has 1 aromatic heterocycles. The Bertz CT molecular complexity index is 1470. The second-order valence-electron chi connectivity index (χ2n) is 10.7. The van der Waals surface area contributed by atoms with Crippen LogP contribution in [0.4, 0.5) is 8.78 Å². The fourth-order valence-electron chi connectivity index (χ4n) is 6.01. The zero-order chi connectivity index (χ0) is 27.9. The molecule has 2 heterocycles. The third-order valence-corrected chi connectivity index (χ3v) is 9.62. The third kappa shape index (κ3) is 5.26. The number of halogens is 2. The molecule has 2 atom stereocenters. The number of benzene rings is 2. The van der Waals surface area contributed by atoms with Crippen molar-refractivity contribution in [2.24, 2.45) is 0 Å². The van der Waals surface area contributed by atoms with Gasteiger partial charge in [0.1, 0.15) is 18.2 Å². The Morgan fingerprint density at radius 3 is 2.46 bits per heavy atom. The molecule has 8 nitrogen and oxygen atoms in total. The number of carboxylic acid groups (broad SMARTS) is 1. The summed E-state index contributed by atoms with van der Waals surface area (Å²) in [5, 5.41) is 14.6. The van der Waals surface area contributed by atoms with Gasteiger partial charge in [0.25, 0.3) is 0 Å². The molecule has 3 aromatic rings. The highest BCUT2D eigenvalue weighted by Gasteiger charge is 2.42. The zero-order valence-corrected chi connectivity index (χ0v) is 22.8. The highest BCUT2D eigenvalue weighted by molar-refractivity contribution is 7.89. The third-order valence-electron chi connectivity index (χ3n) is 7.68. The van der Waals surface area contributed by atoms with Gasteiger partial charge in [0.05, 0.1) is 40.7 Å². The predicted molar refractivity (Wildman–Crippen MR) is 142 cm³/mol. The minimum absolute atomic E-state index is 0.0206. The number of aliphatic carboxylic acids is 1. The van der Waals surface area contributed by atoms with Crippen molar-refractivity contribution < 1.29 is 31.8 Å². The molecule has 0 spiro atoms. The van der Waals surface area contributed by atoms with E-state index in [-0.39, 0.29) is 47.8 Å². The smallest absolute Gasteiger partial charge is 0.309 e. The van der Waals surface area contributed by atoms with Crippen LogP contribution in [0.5, 0.6) is 5.75 Å². The summed E-state index contributed by atoms with van der Waals surface area (Å²) in [5.41, 5.74) is 1.28. The molecule has 0 amide bonds. The van der Waals surface area contributed by atoms with Crippen molar-refractivity contribution in [3.63, 3.8) is 0 Å². The molecular weight excluding hydrogens is 528 g/mol. The van der Waals surface area contributed by atoms with Crippen LogP contribution in [0, 0.1) is 5.82 Å². The maximum atomic E-state index is 15.3. The number of ether oxygens (including phenoxy) is 1. The summed E-state index contributed by atoms with van der Waals surface area (Å²) >= 11 is 0. The lowest BCUT2D eigenvalue weighted by atomic mass is 9.94. The molecule has 0 unspecified atom stereocenters. The molecule has 1 aliphatic carbocycles. The zero-order valence-electron chi connectivity index (χ0n) is 22.0. The van der Waals surface area contributed by atoms with Crippen molar-refractivity contribution in [1.29, 1.82) is 0 Å². The lowest BCUT2D eigenvalue weighted by molar-refractivity contribution is -0.136. The van der Waals surface area contributed by atoms with Crippen molar-refractivity contribution in [2.45, 2.75) is 81.4 Å². The summed E-state index contributed by atoms with van der Waals surface area (Å²) in [6.45, 7) is 2.78. The first kappa shape index (κ1) is 27.5. The number of rotatable bonds is 9. The quantitative estimate of drug-likeness (QED) is 0.384. The Morgan fingerprint density at radius 1 is 1.15 bits per heavy atom. The fourth-order valence-corrected chi connectivity index (χ4v) is 7.66. The van der Waals surface area contributed by atoms with E-state index in [0.29, 0.717) is 22.2 Å². The van der Waals surface area contributed by atoms with Crippen molar-refractivity contribution in [1.82, 2.24) is 14.1 Å². The van der Waals surface area contributed by atoms with Gasteiger partial charge in [0, 0.05) is 17.5 Å². The van der Waals surface area contributed by atoms with Crippen molar-refractivity contribution in [3.8, 4) is 5.75 Å². The highest BCUT2D eigenvalue weighted by Crippen LogP contribution is 2.42. The molecule has 2 aromatic carbocycles. The normalized spacial score (nSPS) is 20.8. The van der Waals surface area contributed by atoms with Gasteiger partial charge in [-0.2, -0.15) is 9.40 Å². The Labute approximate surface area is 226 Å². The molecule has 0 bridgehead atoms. The van der Waals surface area contributed by atoms with E-state index < -0.39 is 34.8 Å². The molecular formula is C28H33F2N3O5S. The predicted octanol–water partition coefficient (Wildman–Crippen LogP) is 5.22. The monoisotopic (exact) mass is 561 g/mol. The molecule has 1 saturated carbocycles. The standard InChI is InChI=1S/C28H33F2N3O5S/c1-17(2)38-21-7-9-22(10-8-21)39(36,37)32-16-20(13-19(32)15-29)33-28-23(25(31-33)14-26(34)35)11-12-24(30)27(28)18-5-3-4-6-18/h7-12,17-20H,3-6,13-16H2,1-2H3,(H,34,35)/t19-,20-/m1/s1. The first-order valence-corrected chi connectivity index (χ1v) is 14.8. The second kappa shape index (κ2) is 10.8. The number of hydrogen-bond acceptors (Lipinski definition) is 5. The van der Waals surface area contributed by atoms with Gasteiger partial charge < -0.3 is 9.84 Å². The van der Waals surface area contributed by atoms with Crippen LogP contribution in [0.2, 0.25) is 0 Å². The van der Waals surface area contributed by atoms with E-state index in [1.165, 1.54) is 18.2 Å². The molecule has 210 valence electrons. The Kier molecular flexibility index (Phi) is 7.65. The van der Waals surface area contributed by atoms with Crippen LogP contribution in [0.15, 0.2) is 41.3 Å². The second-order valence-corrected chi connectivity index (χ2v) is 12.6. The van der Waals surface area contributed by atoms with Crippen molar-refractivity contribution >= 4 is 26.9 Å². The minimum atomic E-state index is -4.06. The first-order chi connectivity index (χ1) is 18.6. The van der Waals surface area contributed by atoms with E-state index in [2.05, 4.69) is 5.10 Å². The van der Waals surface area contributed by atoms with Gasteiger partial charge in [0.2, 0.25) is 10.0 Å². The van der Waals surface area contributed by atoms with Crippen LogP contribution in [0.3, 0.4) is 0 Å². The van der Waals surface area contributed by atoms with Gasteiger partial charge in [-0.1, -0.05) is 12.8 Å².